The smallest absolute Gasteiger partial charge is 0.205 e. The summed E-state index contributed by atoms with van der Waals surface area (Å²) in [5.74, 6) is 1.46. The van der Waals surface area contributed by atoms with Crippen LogP contribution in [0.3, 0.4) is 0 Å². The van der Waals surface area contributed by atoms with E-state index in [0.717, 1.165) is 22.3 Å². The molecule has 1 unspecified atom stereocenters. The van der Waals surface area contributed by atoms with E-state index in [9.17, 15) is 0 Å². The van der Waals surface area contributed by atoms with E-state index < -0.39 is 0 Å². The van der Waals surface area contributed by atoms with Crippen molar-refractivity contribution in [3.8, 4) is 5.75 Å². The van der Waals surface area contributed by atoms with Gasteiger partial charge in [-0.05, 0) is 30.0 Å². The molecule has 1 N–H and O–H groups in total. The number of rotatable bonds is 6. The molecule has 0 aliphatic carbocycles. The zero-order chi connectivity index (χ0) is 13.7. The highest BCUT2D eigenvalue weighted by Gasteiger charge is 2.05. The van der Waals surface area contributed by atoms with Gasteiger partial charge in [0.05, 0.1) is 0 Å². The highest BCUT2D eigenvalue weighted by atomic mass is 32.1. The molecule has 0 saturated carbocycles. The van der Waals surface area contributed by atoms with Gasteiger partial charge in [0.15, 0.2) is 5.01 Å². The summed E-state index contributed by atoms with van der Waals surface area (Å²) >= 11 is 1.51. The van der Waals surface area contributed by atoms with Crippen LogP contribution in [0.5, 0.6) is 5.75 Å². The van der Waals surface area contributed by atoms with E-state index in [4.69, 9.17) is 4.74 Å². The molecule has 5 heteroatoms. The maximum atomic E-state index is 5.70. The fraction of sp³-hybridized carbons (Fsp3) is 0.429. The molecule has 0 fully saturated rings. The Hall–Kier alpha value is -1.62. The predicted octanol–water partition coefficient (Wildman–Crippen LogP) is 3.67. The maximum absolute atomic E-state index is 5.70. The number of hydrogen-bond donors (Lipinski definition) is 1. The van der Waals surface area contributed by atoms with Gasteiger partial charge in [-0.1, -0.05) is 37.3 Å². The monoisotopic (exact) mass is 277 g/mol. The van der Waals surface area contributed by atoms with Crippen molar-refractivity contribution in [3.63, 3.8) is 0 Å². The Kier molecular flexibility index (Phi) is 4.74. The summed E-state index contributed by atoms with van der Waals surface area (Å²) in [6, 6.07) is 8.29. The summed E-state index contributed by atoms with van der Waals surface area (Å²) in [5, 5.41) is 12.7. The normalized spacial score (nSPS) is 12.2. The van der Waals surface area contributed by atoms with Crippen LogP contribution in [0.2, 0.25) is 0 Å². The van der Waals surface area contributed by atoms with Gasteiger partial charge < -0.3 is 10.1 Å². The molecule has 1 aromatic carbocycles. The first-order valence-corrected chi connectivity index (χ1v) is 7.27. The second-order valence-electron chi connectivity index (χ2n) is 4.42. The average molecular weight is 277 g/mol. The Bertz CT molecular complexity index is 510. The Balaban J connectivity index is 1.92. The summed E-state index contributed by atoms with van der Waals surface area (Å²) in [5.41, 5.74) is 1.35. The Morgan fingerprint density at radius 1 is 1.26 bits per heavy atom. The minimum Gasteiger partial charge on any atom is -0.486 e. The van der Waals surface area contributed by atoms with Crippen LogP contribution >= 0.6 is 11.3 Å². The molecule has 1 aromatic heterocycles. The number of nitrogens with zero attached hydrogens (tertiary/aromatic N) is 2. The van der Waals surface area contributed by atoms with E-state index >= 15 is 0 Å². The van der Waals surface area contributed by atoms with Gasteiger partial charge in [0.25, 0.3) is 0 Å². The van der Waals surface area contributed by atoms with Crippen molar-refractivity contribution < 1.29 is 4.74 Å². The first kappa shape index (κ1) is 13.8. The Morgan fingerprint density at radius 3 is 2.58 bits per heavy atom. The van der Waals surface area contributed by atoms with Crippen LogP contribution in [-0.4, -0.2) is 17.2 Å². The number of nitrogens with one attached hydrogen (secondary N) is 1. The predicted molar refractivity (Wildman–Crippen MR) is 78.9 cm³/mol. The quantitative estimate of drug-likeness (QED) is 0.875. The van der Waals surface area contributed by atoms with Gasteiger partial charge in [0.1, 0.15) is 12.4 Å². The summed E-state index contributed by atoms with van der Waals surface area (Å²) < 4.78 is 5.70. The van der Waals surface area contributed by atoms with Gasteiger partial charge in [-0.15, -0.1) is 10.2 Å². The van der Waals surface area contributed by atoms with Gasteiger partial charge in [0, 0.05) is 7.05 Å². The van der Waals surface area contributed by atoms with Crippen molar-refractivity contribution in [1.29, 1.82) is 0 Å². The van der Waals surface area contributed by atoms with E-state index in [-0.39, 0.29) is 0 Å². The SMILES string of the molecule is CCC(C)c1ccc(OCc2nnc(NC)s2)cc1. The third kappa shape index (κ3) is 3.67. The number of aromatic nitrogens is 2. The van der Waals surface area contributed by atoms with Gasteiger partial charge in [-0.25, -0.2) is 0 Å². The molecule has 0 aliphatic heterocycles. The third-order valence-electron chi connectivity index (χ3n) is 3.10. The average Bonchev–Trinajstić information content (AvgIpc) is 2.93. The summed E-state index contributed by atoms with van der Waals surface area (Å²) in [7, 11) is 1.83. The molecular formula is C14H19N3OS. The van der Waals surface area contributed by atoms with E-state index in [1.165, 1.54) is 16.9 Å². The highest BCUT2D eigenvalue weighted by molar-refractivity contribution is 7.15. The molecule has 19 heavy (non-hydrogen) atoms. The standard InChI is InChI=1S/C14H19N3OS/c1-4-10(2)11-5-7-12(8-6-11)18-9-13-16-17-14(15-3)19-13/h5-8,10H,4,9H2,1-3H3,(H,15,17). The lowest BCUT2D eigenvalue weighted by Crippen LogP contribution is -1.96. The van der Waals surface area contributed by atoms with Crippen LogP contribution < -0.4 is 10.1 Å². The molecular weight excluding hydrogens is 258 g/mol. The topological polar surface area (TPSA) is 47.0 Å². The maximum Gasteiger partial charge on any atom is 0.205 e. The van der Waals surface area contributed by atoms with Gasteiger partial charge in [0.2, 0.25) is 5.13 Å². The largest absolute Gasteiger partial charge is 0.486 e. The summed E-state index contributed by atoms with van der Waals surface area (Å²) in [6.45, 7) is 4.89. The lowest BCUT2D eigenvalue weighted by atomic mass is 9.99. The van der Waals surface area contributed by atoms with E-state index in [2.05, 4.69) is 41.5 Å². The fourth-order valence-corrected chi connectivity index (χ4v) is 2.29. The first-order valence-electron chi connectivity index (χ1n) is 6.45. The molecule has 0 bridgehead atoms. The highest BCUT2D eigenvalue weighted by Crippen LogP contribution is 2.22. The van der Waals surface area contributed by atoms with E-state index in [1.54, 1.807) is 0 Å². The molecule has 0 spiro atoms. The molecule has 0 amide bonds. The first-order chi connectivity index (χ1) is 9.22. The van der Waals surface area contributed by atoms with Crippen molar-refractivity contribution in [2.75, 3.05) is 12.4 Å². The summed E-state index contributed by atoms with van der Waals surface area (Å²) in [6.07, 6.45) is 1.15. The van der Waals surface area contributed by atoms with Gasteiger partial charge in [-0.2, -0.15) is 0 Å². The van der Waals surface area contributed by atoms with Crippen molar-refractivity contribution >= 4 is 16.5 Å². The second kappa shape index (κ2) is 6.52. The minimum atomic E-state index is 0.460. The second-order valence-corrected chi connectivity index (χ2v) is 5.48. The zero-order valence-electron chi connectivity index (χ0n) is 11.5. The van der Waals surface area contributed by atoms with Crippen molar-refractivity contribution in [3.05, 3.63) is 34.8 Å². The Morgan fingerprint density at radius 2 is 2.00 bits per heavy atom. The lowest BCUT2D eigenvalue weighted by Gasteiger charge is -2.10. The molecule has 4 nitrogen and oxygen atoms in total. The molecule has 1 atom stereocenters. The van der Waals surface area contributed by atoms with Crippen molar-refractivity contribution in [2.45, 2.75) is 32.8 Å². The van der Waals surface area contributed by atoms with Crippen molar-refractivity contribution in [2.24, 2.45) is 0 Å². The van der Waals surface area contributed by atoms with Crippen LogP contribution in [0.15, 0.2) is 24.3 Å². The number of anilines is 1. The van der Waals surface area contributed by atoms with Gasteiger partial charge >= 0.3 is 0 Å². The number of hydrogen-bond acceptors (Lipinski definition) is 5. The molecule has 2 aromatic rings. The van der Waals surface area contributed by atoms with Crippen molar-refractivity contribution in [1.82, 2.24) is 10.2 Å². The number of benzene rings is 1. The molecule has 0 radical (unpaired) electrons. The van der Waals surface area contributed by atoms with Crippen LogP contribution in [0, 0.1) is 0 Å². The molecule has 0 aliphatic rings. The minimum absolute atomic E-state index is 0.460. The fourth-order valence-electron chi connectivity index (χ4n) is 1.69. The van der Waals surface area contributed by atoms with E-state index in [1.807, 2.05) is 19.2 Å². The zero-order valence-corrected chi connectivity index (χ0v) is 12.3. The molecule has 102 valence electrons. The third-order valence-corrected chi connectivity index (χ3v) is 4.02. The molecule has 2 rings (SSSR count). The van der Waals surface area contributed by atoms with Crippen LogP contribution in [0.4, 0.5) is 5.13 Å². The van der Waals surface area contributed by atoms with Gasteiger partial charge in [-0.3, -0.25) is 0 Å². The lowest BCUT2D eigenvalue weighted by molar-refractivity contribution is 0.304. The van der Waals surface area contributed by atoms with Crippen LogP contribution in [0.25, 0.3) is 0 Å². The Labute approximate surface area is 117 Å². The summed E-state index contributed by atoms with van der Waals surface area (Å²) in [4.78, 5) is 0. The number of ether oxygens (including phenoxy) is 1. The molecule has 0 saturated heterocycles. The van der Waals surface area contributed by atoms with Crippen LogP contribution in [-0.2, 0) is 6.61 Å². The molecule has 1 heterocycles. The van der Waals surface area contributed by atoms with Crippen LogP contribution in [0.1, 0.15) is 36.8 Å². The van der Waals surface area contributed by atoms with E-state index in [0.29, 0.717) is 12.5 Å².